The van der Waals surface area contributed by atoms with Crippen molar-refractivity contribution in [1.29, 1.82) is 0 Å². The molecule has 0 fully saturated rings. The first kappa shape index (κ1) is 18.3. The van der Waals surface area contributed by atoms with Crippen LogP contribution in [0.5, 0.6) is 5.75 Å². The molecule has 0 aromatic heterocycles. The maximum absolute atomic E-state index is 11.7. The SMILES string of the molecule is O=C(Nc1cccc(O)c1C(=O)O)OCCOCCc1ccccc1. The van der Waals surface area contributed by atoms with Gasteiger partial charge < -0.3 is 19.7 Å². The Balaban J connectivity index is 1.69. The molecule has 0 saturated carbocycles. The number of hydrogen-bond donors (Lipinski definition) is 3. The summed E-state index contributed by atoms with van der Waals surface area (Å²) in [7, 11) is 0. The van der Waals surface area contributed by atoms with Gasteiger partial charge in [0.25, 0.3) is 0 Å². The minimum absolute atomic E-state index is 0.0296. The maximum Gasteiger partial charge on any atom is 0.411 e. The molecule has 2 aromatic carbocycles. The van der Waals surface area contributed by atoms with Crippen molar-refractivity contribution in [3.05, 3.63) is 59.7 Å². The van der Waals surface area contributed by atoms with Crippen LogP contribution in [0.15, 0.2) is 48.5 Å². The maximum atomic E-state index is 11.7. The number of aromatic hydroxyl groups is 1. The largest absolute Gasteiger partial charge is 0.507 e. The van der Waals surface area contributed by atoms with E-state index in [0.29, 0.717) is 6.61 Å². The predicted octanol–water partition coefficient (Wildman–Crippen LogP) is 2.90. The minimum Gasteiger partial charge on any atom is -0.507 e. The van der Waals surface area contributed by atoms with Gasteiger partial charge in [-0.2, -0.15) is 0 Å². The number of carbonyl (C=O) groups excluding carboxylic acids is 1. The molecule has 0 heterocycles. The molecule has 0 atom stereocenters. The second-order valence-corrected chi connectivity index (χ2v) is 5.11. The molecule has 2 rings (SSSR count). The molecule has 132 valence electrons. The lowest BCUT2D eigenvalue weighted by Crippen LogP contribution is -2.18. The minimum atomic E-state index is -1.35. The third-order valence-corrected chi connectivity index (χ3v) is 3.33. The van der Waals surface area contributed by atoms with E-state index in [4.69, 9.17) is 14.6 Å². The molecular weight excluding hydrogens is 326 g/mol. The normalized spacial score (nSPS) is 10.2. The van der Waals surface area contributed by atoms with E-state index in [1.54, 1.807) is 0 Å². The van der Waals surface area contributed by atoms with E-state index in [1.807, 2.05) is 30.3 Å². The van der Waals surface area contributed by atoms with Gasteiger partial charge >= 0.3 is 12.1 Å². The summed E-state index contributed by atoms with van der Waals surface area (Å²) in [5.74, 6) is -1.79. The van der Waals surface area contributed by atoms with Crippen molar-refractivity contribution < 1.29 is 29.3 Å². The van der Waals surface area contributed by atoms with Gasteiger partial charge in [0.1, 0.15) is 17.9 Å². The Morgan fingerprint density at radius 2 is 1.72 bits per heavy atom. The summed E-state index contributed by atoms with van der Waals surface area (Å²) in [5.41, 5.74) is 0.729. The molecule has 0 saturated heterocycles. The predicted molar refractivity (Wildman–Crippen MR) is 91.0 cm³/mol. The summed E-state index contributed by atoms with van der Waals surface area (Å²) < 4.78 is 10.3. The number of carboxylic acid groups (broad SMARTS) is 1. The summed E-state index contributed by atoms with van der Waals surface area (Å²) in [6, 6.07) is 13.9. The fraction of sp³-hybridized carbons (Fsp3) is 0.222. The molecule has 0 radical (unpaired) electrons. The van der Waals surface area contributed by atoms with E-state index >= 15 is 0 Å². The van der Waals surface area contributed by atoms with E-state index in [9.17, 15) is 14.7 Å². The summed E-state index contributed by atoms with van der Waals surface area (Å²) in [6.45, 7) is 0.763. The van der Waals surface area contributed by atoms with Gasteiger partial charge in [-0.3, -0.25) is 5.32 Å². The van der Waals surface area contributed by atoms with Crippen LogP contribution in [0, 0.1) is 0 Å². The number of amides is 1. The van der Waals surface area contributed by atoms with Gasteiger partial charge in [-0.05, 0) is 24.1 Å². The molecule has 0 aliphatic carbocycles. The van der Waals surface area contributed by atoms with E-state index in [2.05, 4.69) is 5.32 Å². The van der Waals surface area contributed by atoms with Gasteiger partial charge in [-0.25, -0.2) is 9.59 Å². The average Bonchev–Trinajstić information content (AvgIpc) is 2.58. The lowest BCUT2D eigenvalue weighted by atomic mass is 10.1. The molecule has 0 aliphatic rings. The quantitative estimate of drug-likeness (QED) is 0.635. The number of hydrogen-bond acceptors (Lipinski definition) is 5. The van der Waals surface area contributed by atoms with Crippen molar-refractivity contribution in [3.8, 4) is 5.75 Å². The number of carboxylic acids is 1. The molecular formula is C18H19NO6. The lowest BCUT2D eigenvalue weighted by Gasteiger charge is -2.10. The molecule has 0 aliphatic heterocycles. The second kappa shape index (κ2) is 9.29. The summed E-state index contributed by atoms with van der Waals surface area (Å²) in [5, 5.41) is 20.9. The van der Waals surface area contributed by atoms with Gasteiger partial charge in [0.05, 0.1) is 18.9 Å². The van der Waals surface area contributed by atoms with Gasteiger partial charge in [-0.1, -0.05) is 36.4 Å². The first-order valence-corrected chi connectivity index (χ1v) is 7.68. The van der Waals surface area contributed by atoms with Crippen LogP contribution in [0.1, 0.15) is 15.9 Å². The average molecular weight is 345 g/mol. The Morgan fingerprint density at radius 1 is 0.960 bits per heavy atom. The number of phenols is 1. The first-order valence-electron chi connectivity index (χ1n) is 7.68. The number of anilines is 1. The smallest absolute Gasteiger partial charge is 0.411 e. The zero-order valence-electron chi connectivity index (χ0n) is 13.5. The van der Waals surface area contributed by atoms with Crippen LogP contribution >= 0.6 is 0 Å². The Labute approximate surface area is 144 Å². The van der Waals surface area contributed by atoms with Crippen molar-refractivity contribution in [3.63, 3.8) is 0 Å². The summed E-state index contributed by atoms with van der Waals surface area (Å²) >= 11 is 0. The number of ether oxygens (including phenoxy) is 2. The monoisotopic (exact) mass is 345 g/mol. The van der Waals surface area contributed by atoms with Crippen LogP contribution in [0.4, 0.5) is 10.5 Å². The molecule has 2 aromatic rings. The third-order valence-electron chi connectivity index (χ3n) is 3.33. The zero-order valence-corrected chi connectivity index (χ0v) is 13.5. The molecule has 7 nitrogen and oxygen atoms in total. The van der Waals surface area contributed by atoms with Gasteiger partial charge in [-0.15, -0.1) is 0 Å². The highest BCUT2D eigenvalue weighted by Gasteiger charge is 2.17. The number of nitrogens with one attached hydrogen (secondary N) is 1. The van der Waals surface area contributed by atoms with Crippen LogP contribution in [0.2, 0.25) is 0 Å². The highest BCUT2D eigenvalue weighted by atomic mass is 16.6. The van der Waals surface area contributed by atoms with Crippen molar-refractivity contribution >= 4 is 17.7 Å². The first-order chi connectivity index (χ1) is 12.1. The Hall–Kier alpha value is -3.06. The third kappa shape index (κ3) is 5.82. The van der Waals surface area contributed by atoms with Crippen molar-refractivity contribution in [1.82, 2.24) is 0 Å². The lowest BCUT2D eigenvalue weighted by molar-refractivity contribution is 0.0694. The van der Waals surface area contributed by atoms with Gasteiger partial charge in [0.2, 0.25) is 0 Å². The summed E-state index contributed by atoms with van der Waals surface area (Å²) in [4.78, 5) is 22.8. The van der Waals surface area contributed by atoms with Crippen LogP contribution in [0.3, 0.4) is 0 Å². The van der Waals surface area contributed by atoms with E-state index in [-0.39, 0.29) is 18.9 Å². The molecule has 7 heteroatoms. The molecule has 3 N–H and O–H groups in total. The van der Waals surface area contributed by atoms with Crippen LogP contribution in [-0.2, 0) is 15.9 Å². The van der Waals surface area contributed by atoms with Crippen LogP contribution < -0.4 is 5.32 Å². The number of aromatic carboxylic acids is 1. The molecule has 1 amide bonds. The standard InChI is InChI=1S/C18H19NO6/c20-15-8-4-7-14(16(15)17(21)22)19-18(23)25-12-11-24-10-9-13-5-2-1-3-6-13/h1-8,20H,9-12H2,(H,19,23)(H,21,22). The summed E-state index contributed by atoms with van der Waals surface area (Å²) in [6.07, 6.45) is -0.0575. The van der Waals surface area contributed by atoms with Crippen LogP contribution in [0.25, 0.3) is 0 Å². The van der Waals surface area contributed by atoms with E-state index < -0.39 is 23.4 Å². The molecule has 0 spiro atoms. The molecule has 25 heavy (non-hydrogen) atoms. The Bertz CT molecular complexity index is 717. The van der Waals surface area contributed by atoms with Crippen molar-refractivity contribution in [2.75, 3.05) is 25.1 Å². The van der Waals surface area contributed by atoms with E-state index in [1.165, 1.54) is 18.2 Å². The highest BCUT2D eigenvalue weighted by molar-refractivity contribution is 6.01. The van der Waals surface area contributed by atoms with Gasteiger partial charge in [0, 0.05) is 0 Å². The fourth-order valence-corrected chi connectivity index (χ4v) is 2.15. The van der Waals surface area contributed by atoms with Crippen molar-refractivity contribution in [2.45, 2.75) is 6.42 Å². The number of benzene rings is 2. The zero-order chi connectivity index (χ0) is 18.1. The molecule has 0 bridgehead atoms. The Morgan fingerprint density at radius 3 is 2.44 bits per heavy atom. The number of carbonyl (C=O) groups is 2. The topological polar surface area (TPSA) is 105 Å². The van der Waals surface area contributed by atoms with Crippen molar-refractivity contribution in [2.24, 2.45) is 0 Å². The highest BCUT2D eigenvalue weighted by Crippen LogP contribution is 2.25. The second-order valence-electron chi connectivity index (χ2n) is 5.11. The fourth-order valence-electron chi connectivity index (χ4n) is 2.15. The van der Waals surface area contributed by atoms with E-state index in [0.717, 1.165) is 12.0 Å². The van der Waals surface area contributed by atoms with Crippen LogP contribution in [-0.4, -0.2) is 42.1 Å². The number of rotatable bonds is 8. The van der Waals surface area contributed by atoms with Gasteiger partial charge in [0.15, 0.2) is 0 Å². The Kier molecular flexibility index (Phi) is 6.79. The molecule has 0 unspecified atom stereocenters.